The van der Waals surface area contributed by atoms with Gasteiger partial charge in [-0.05, 0) is 68.1 Å². The van der Waals surface area contributed by atoms with Gasteiger partial charge in [-0.2, -0.15) is 5.26 Å². The average molecular weight is 365 g/mol. The van der Waals surface area contributed by atoms with Crippen LogP contribution in [-0.4, -0.2) is 19.0 Å². The molecule has 1 amide bonds. The molecule has 140 valence electrons. The van der Waals surface area contributed by atoms with Crippen LogP contribution in [0.5, 0.6) is 0 Å². The smallest absolute Gasteiger partial charge is 0.223 e. The summed E-state index contributed by atoms with van der Waals surface area (Å²) in [5.41, 5.74) is 2.82. The predicted molar refractivity (Wildman–Crippen MR) is 103 cm³/mol. The van der Waals surface area contributed by atoms with Crippen LogP contribution in [0.3, 0.4) is 0 Å². The summed E-state index contributed by atoms with van der Waals surface area (Å²) in [7, 11) is 1.95. The number of carbonyl (C=O) groups excluding carboxylic acids is 1. The highest BCUT2D eigenvalue weighted by atomic mass is 19.1. The van der Waals surface area contributed by atoms with E-state index in [0.717, 1.165) is 36.8 Å². The number of nitriles is 1. The van der Waals surface area contributed by atoms with Crippen molar-refractivity contribution >= 4 is 5.91 Å². The van der Waals surface area contributed by atoms with Gasteiger partial charge in [0.05, 0.1) is 11.6 Å². The second-order valence-corrected chi connectivity index (χ2v) is 7.05. The maximum Gasteiger partial charge on any atom is 0.223 e. The van der Waals surface area contributed by atoms with Crippen LogP contribution in [0.4, 0.5) is 4.39 Å². The van der Waals surface area contributed by atoms with Crippen molar-refractivity contribution in [2.45, 2.75) is 38.3 Å². The molecule has 1 fully saturated rings. The lowest BCUT2D eigenvalue weighted by atomic mass is 9.85. The molecular formula is C22H24FN3O. The van der Waals surface area contributed by atoms with E-state index in [1.807, 2.05) is 19.2 Å². The van der Waals surface area contributed by atoms with E-state index in [-0.39, 0.29) is 24.2 Å². The number of amides is 1. The van der Waals surface area contributed by atoms with Gasteiger partial charge < -0.3 is 10.6 Å². The molecule has 0 saturated heterocycles. The van der Waals surface area contributed by atoms with Gasteiger partial charge in [-0.1, -0.05) is 18.2 Å². The molecule has 0 radical (unpaired) electrons. The largest absolute Gasteiger partial charge is 0.352 e. The SMILES string of the molecule is CNC1CCC(C(=O)NCc2cc(-c3ccc(C#N)cc3)ccc2F)CC1. The minimum Gasteiger partial charge on any atom is -0.352 e. The van der Waals surface area contributed by atoms with Crippen LogP contribution in [0.1, 0.15) is 36.8 Å². The van der Waals surface area contributed by atoms with Gasteiger partial charge in [-0.25, -0.2) is 4.39 Å². The number of benzene rings is 2. The van der Waals surface area contributed by atoms with Crippen molar-refractivity contribution in [3.8, 4) is 17.2 Å². The maximum absolute atomic E-state index is 14.2. The highest BCUT2D eigenvalue weighted by Crippen LogP contribution is 2.25. The van der Waals surface area contributed by atoms with Crippen LogP contribution in [0, 0.1) is 23.1 Å². The van der Waals surface area contributed by atoms with Gasteiger partial charge in [0.15, 0.2) is 0 Å². The third-order valence-electron chi connectivity index (χ3n) is 5.35. The third-order valence-corrected chi connectivity index (χ3v) is 5.35. The summed E-state index contributed by atoms with van der Waals surface area (Å²) < 4.78 is 14.2. The van der Waals surface area contributed by atoms with E-state index in [0.29, 0.717) is 17.2 Å². The quantitative estimate of drug-likeness (QED) is 0.848. The molecule has 2 aromatic carbocycles. The van der Waals surface area contributed by atoms with E-state index in [4.69, 9.17) is 5.26 Å². The summed E-state index contributed by atoms with van der Waals surface area (Å²) >= 11 is 0. The Hall–Kier alpha value is -2.71. The van der Waals surface area contributed by atoms with Crippen molar-refractivity contribution in [2.75, 3.05) is 7.05 Å². The summed E-state index contributed by atoms with van der Waals surface area (Å²) in [5.74, 6) is -0.307. The first-order chi connectivity index (χ1) is 13.1. The zero-order valence-corrected chi connectivity index (χ0v) is 15.5. The number of rotatable bonds is 5. The third kappa shape index (κ3) is 4.72. The minimum absolute atomic E-state index is 0.00716. The standard InChI is InChI=1S/C22H24FN3O/c1-25-20-9-6-17(7-10-20)22(27)26-14-19-12-18(8-11-21(19)23)16-4-2-15(13-24)3-5-16/h2-5,8,11-12,17,20,25H,6-7,9-10,14H2,1H3,(H,26,27). The Morgan fingerprint density at radius 3 is 2.41 bits per heavy atom. The first kappa shape index (κ1) is 19.1. The monoisotopic (exact) mass is 365 g/mol. The summed E-state index contributed by atoms with van der Waals surface area (Å²) in [6, 6.07) is 14.6. The Labute approximate surface area is 159 Å². The van der Waals surface area contributed by atoms with E-state index in [9.17, 15) is 9.18 Å². The molecular weight excluding hydrogens is 341 g/mol. The summed E-state index contributed by atoms with van der Waals surface area (Å²) in [5, 5.41) is 15.0. The fourth-order valence-electron chi connectivity index (χ4n) is 3.60. The van der Waals surface area contributed by atoms with Crippen LogP contribution in [0.2, 0.25) is 0 Å². The fourth-order valence-corrected chi connectivity index (χ4v) is 3.60. The lowest BCUT2D eigenvalue weighted by molar-refractivity contribution is -0.126. The first-order valence-corrected chi connectivity index (χ1v) is 9.34. The number of hydrogen-bond acceptors (Lipinski definition) is 3. The van der Waals surface area contributed by atoms with Gasteiger partial charge in [0, 0.05) is 24.1 Å². The second kappa shape index (κ2) is 8.79. The van der Waals surface area contributed by atoms with Crippen molar-refractivity contribution in [3.63, 3.8) is 0 Å². The lowest BCUT2D eigenvalue weighted by Crippen LogP contribution is -2.37. The van der Waals surface area contributed by atoms with Crippen molar-refractivity contribution in [2.24, 2.45) is 5.92 Å². The number of nitrogens with zero attached hydrogens (tertiary/aromatic N) is 1. The van der Waals surface area contributed by atoms with Crippen molar-refractivity contribution < 1.29 is 9.18 Å². The van der Waals surface area contributed by atoms with Crippen LogP contribution in [0.25, 0.3) is 11.1 Å². The normalized spacial score (nSPS) is 19.3. The van der Waals surface area contributed by atoms with E-state index < -0.39 is 0 Å². The lowest BCUT2D eigenvalue weighted by Gasteiger charge is -2.27. The Balaban J connectivity index is 1.64. The topological polar surface area (TPSA) is 64.9 Å². The number of carbonyl (C=O) groups is 1. The molecule has 1 aliphatic rings. The first-order valence-electron chi connectivity index (χ1n) is 9.34. The van der Waals surface area contributed by atoms with Gasteiger partial charge in [0.1, 0.15) is 5.82 Å². The number of nitrogens with one attached hydrogen (secondary N) is 2. The molecule has 0 heterocycles. The highest BCUT2D eigenvalue weighted by molar-refractivity contribution is 5.78. The average Bonchev–Trinajstić information content (AvgIpc) is 2.73. The van der Waals surface area contributed by atoms with Gasteiger partial charge in [-0.3, -0.25) is 4.79 Å². The Bertz CT molecular complexity index is 834. The van der Waals surface area contributed by atoms with Gasteiger partial charge in [0.2, 0.25) is 5.91 Å². The molecule has 0 atom stereocenters. The van der Waals surface area contributed by atoms with E-state index in [1.54, 1.807) is 24.3 Å². The van der Waals surface area contributed by atoms with Crippen LogP contribution in [-0.2, 0) is 11.3 Å². The molecule has 0 spiro atoms. The van der Waals surface area contributed by atoms with Crippen molar-refractivity contribution in [1.29, 1.82) is 5.26 Å². The van der Waals surface area contributed by atoms with Crippen molar-refractivity contribution in [3.05, 3.63) is 59.4 Å². The zero-order valence-electron chi connectivity index (χ0n) is 15.5. The Morgan fingerprint density at radius 1 is 1.11 bits per heavy atom. The summed E-state index contributed by atoms with van der Waals surface area (Å²) in [6.07, 6.45) is 3.73. The molecule has 4 nitrogen and oxygen atoms in total. The second-order valence-electron chi connectivity index (χ2n) is 7.05. The molecule has 1 saturated carbocycles. The highest BCUT2D eigenvalue weighted by Gasteiger charge is 2.25. The Kier molecular flexibility index (Phi) is 6.20. The molecule has 0 unspecified atom stereocenters. The van der Waals surface area contributed by atoms with E-state index in [1.165, 1.54) is 6.07 Å². The molecule has 0 aromatic heterocycles. The van der Waals surface area contributed by atoms with Gasteiger partial charge >= 0.3 is 0 Å². The molecule has 2 aromatic rings. The summed E-state index contributed by atoms with van der Waals surface area (Å²) in [6.45, 7) is 0.181. The predicted octanol–water partition coefficient (Wildman–Crippen LogP) is 3.76. The molecule has 3 rings (SSSR count). The van der Waals surface area contributed by atoms with Gasteiger partial charge in [0.25, 0.3) is 0 Å². The van der Waals surface area contributed by atoms with Crippen LogP contribution < -0.4 is 10.6 Å². The molecule has 2 N–H and O–H groups in total. The molecule has 5 heteroatoms. The molecule has 27 heavy (non-hydrogen) atoms. The van der Waals surface area contributed by atoms with Crippen LogP contribution >= 0.6 is 0 Å². The molecule has 1 aliphatic carbocycles. The fraction of sp³-hybridized carbons (Fsp3) is 0.364. The minimum atomic E-state index is -0.327. The number of hydrogen-bond donors (Lipinski definition) is 2. The Morgan fingerprint density at radius 2 is 1.78 bits per heavy atom. The molecule has 0 bridgehead atoms. The van der Waals surface area contributed by atoms with E-state index >= 15 is 0 Å². The van der Waals surface area contributed by atoms with E-state index in [2.05, 4.69) is 16.7 Å². The molecule has 0 aliphatic heterocycles. The zero-order chi connectivity index (χ0) is 19.2. The van der Waals surface area contributed by atoms with Gasteiger partial charge in [-0.15, -0.1) is 0 Å². The maximum atomic E-state index is 14.2. The summed E-state index contributed by atoms with van der Waals surface area (Å²) in [4.78, 5) is 12.4. The van der Waals surface area contributed by atoms with Crippen LogP contribution in [0.15, 0.2) is 42.5 Å². The number of halogens is 1. The van der Waals surface area contributed by atoms with Crippen molar-refractivity contribution in [1.82, 2.24) is 10.6 Å².